The Labute approximate surface area is 101 Å². The van der Waals surface area contributed by atoms with Crippen LogP contribution in [0, 0.1) is 0 Å². The van der Waals surface area contributed by atoms with Gasteiger partial charge in [0, 0.05) is 0 Å². The maximum absolute atomic E-state index is 5.79. The molecule has 2 aromatic carbocycles. The molecule has 0 aliphatic rings. The average Bonchev–Trinajstić information content (AvgIpc) is 2.34. The fourth-order valence-electron chi connectivity index (χ4n) is 1.66. The molecular weight excluding hydrogens is 212 g/mol. The second-order valence-electron chi connectivity index (χ2n) is 3.80. The van der Waals surface area contributed by atoms with E-state index in [1.807, 2.05) is 49.4 Å². The second kappa shape index (κ2) is 4.78. The number of benzene rings is 2. The van der Waals surface area contributed by atoms with Crippen molar-refractivity contribution in [2.75, 3.05) is 18.1 Å². The molecule has 3 heteroatoms. The molecule has 2 aromatic rings. The van der Waals surface area contributed by atoms with Crippen LogP contribution in [-0.4, -0.2) is 6.61 Å². The molecule has 4 N–H and O–H groups in total. The predicted octanol–water partition coefficient (Wildman–Crippen LogP) is 2.92. The Morgan fingerprint density at radius 1 is 0.882 bits per heavy atom. The van der Waals surface area contributed by atoms with Crippen molar-refractivity contribution in [3.63, 3.8) is 0 Å². The van der Waals surface area contributed by atoms with Crippen molar-refractivity contribution in [3.05, 3.63) is 42.5 Å². The fourth-order valence-corrected chi connectivity index (χ4v) is 1.66. The Morgan fingerprint density at radius 2 is 1.53 bits per heavy atom. The van der Waals surface area contributed by atoms with Crippen molar-refractivity contribution < 1.29 is 4.74 Å². The van der Waals surface area contributed by atoms with E-state index < -0.39 is 0 Å². The highest BCUT2D eigenvalue weighted by molar-refractivity contribution is 5.74. The number of ether oxygens (including phenoxy) is 1. The van der Waals surface area contributed by atoms with Gasteiger partial charge in [0.15, 0.2) is 0 Å². The lowest BCUT2D eigenvalue weighted by atomic mass is 10.0. The summed E-state index contributed by atoms with van der Waals surface area (Å²) in [7, 11) is 0. The summed E-state index contributed by atoms with van der Waals surface area (Å²) in [6, 6.07) is 13.6. The largest absolute Gasteiger partial charge is 0.494 e. The van der Waals surface area contributed by atoms with Crippen LogP contribution in [0.1, 0.15) is 6.92 Å². The van der Waals surface area contributed by atoms with Crippen LogP contribution in [-0.2, 0) is 0 Å². The van der Waals surface area contributed by atoms with E-state index in [9.17, 15) is 0 Å². The Balaban J connectivity index is 2.30. The number of hydrogen-bond donors (Lipinski definition) is 2. The van der Waals surface area contributed by atoms with E-state index in [0.717, 1.165) is 16.9 Å². The SMILES string of the molecule is CCOc1ccc(-c2ccc(N)c(N)c2)cc1. The zero-order valence-electron chi connectivity index (χ0n) is 9.81. The van der Waals surface area contributed by atoms with Crippen LogP contribution >= 0.6 is 0 Å². The number of nitrogen functional groups attached to an aromatic ring is 2. The van der Waals surface area contributed by atoms with E-state index in [4.69, 9.17) is 16.2 Å². The zero-order chi connectivity index (χ0) is 12.3. The third kappa shape index (κ3) is 2.50. The normalized spacial score (nSPS) is 10.2. The lowest BCUT2D eigenvalue weighted by Gasteiger charge is -2.07. The highest BCUT2D eigenvalue weighted by Crippen LogP contribution is 2.26. The highest BCUT2D eigenvalue weighted by atomic mass is 16.5. The van der Waals surface area contributed by atoms with E-state index >= 15 is 0 Å². The van der Waals surface area contributed by atoms with Crippen molar-refractivity contribution in [3.8, 4) is 16.9 Å². The average molecular weight is 228 g/mol. The molecular formula is C14H16N2O. The molecule has 0 bridgehead atoms. The third-order valence-corrected chi connectivity index (χ3v) is 2.59. The van der Waals surface area contributed by atoms with Crippen LogP contribution in [0.2, 0.25) is 0 Å². The van der Waals surface area contributed by atoms with Gasteiger partial charge in [-0.15, -0.1) is 0 Å². The molecule has 0 heterocycles. The van der Waals surface area contributed by atoms with Gasteiger partial charge < -0.3 is 16.2 Å². The van der Waals surface area contributed by atoms with Gasteiger partial charge in [-0.05, 0) is 42.3 Å². The molecule has 0 amide bonds. The number of hydrogen-bond acceptors (Lipinski definition) is 3. The molecule has 0 aromatic heterocycles. The smallest absolute Gasteiger partial charge is 0.119 e. The monoisotopic (exact) mass is 228 g/mol. The zero-order valence-corrected chi connectivity index (χ0v) is 9.81. The quantitative estimate of drug-likeness (QED) is 0.794. The maximum Gasteiger partial charge on any atom is 0.119 e. The molecule has 17 heavy (non-hydrogen) atoms. The summed E-state index contributed by atoms with van der Waals surface area (Å²) in [6.45, 7) is 2.64. The molecule has 88 valence electrons. The first-order chi connectivity index (χ1) is 8.20. The van der Waals surface area contributed by atoms with Gasteiger partial charge in [0.05, 0.1) is 18.0 Å². The van der Waals surface area contributed by atoms with Gasteiger partial charge >= 0.3 is 0 Å². The first-order valence-corrected chi connectivity index (χ1v) is 5.59. The molecule has 0 aliphatic carbocycles. The van der Waals surface area contributed by atoms with E-state index in [1.54, 1.807) is 0 Å². The second-order valence-corrected chi connectivity index (χ2v) is 3.80. The van der Waals surface area contributed by atoms with E-state index in [1.165, 1.54) is 0 Å². The van der Waals surface area contributed by atoms with E-state index in [0.29, 0.717) is 18.0 Å². The molecule has 0 aliphatic heterocycles. The van der Waals surface area contributed by atoms with Crippen LogP contribution in [0.25, 0.3) is 11.1 Å². The highest BCUT2D eigenvalue weighted by Gasteiger charge is 2.01. The molecule has 0 unspecified atom stereocenters. The summed E-state index contributed by atoms with van der Waals surface area (Å²) in [5, 5.41) is 0. The third-order valence-electron chi connectivity index (χ3n) is 2.59. The Kier molecular flexibility index (Phi) is 3.19. The lowest BCUT2D eigenvalue weighted by molar-refractivity contribution is 0.340. The lowest BCUT2D eigenvalue weighted by Crippen LogP contribution is -1.94. The number of rotatable bonds is 3. The fraction of sp³-hybridized carbons (Fsp3) is 0.143. The standard InChI is InChI=1S/C14H16N2O/c1-2-17-12-6-3-10(4-7-12)11-5-8-13(15)14(16)9-11/h3-9H,2,15-16H2,1H3. The Morgan fingerprint density at radius 3 is 2.12 bits per heavy atom. The van der Waals surface area contributed by atoms with E-state index in [-0.39, 0.29) is 0 Å². The molecule has 0 atom stereocenters. The maximum atomic E-state index is 5.79. The summed E-state index contributed by atoms with van der Waals surface area (Å²) in [4.78, 5) is 0. The van der Waals surface area contributed by atoms with Gasteiger partial charge in [0.25, 0.3) is 0 Å². The molecule has 0 saturated carbocycles. The van der Waals surface area contributed by atoms with Crippen molar-refractivity contribution in [2.24, 2.45) is 0 Å². The van der Waals surface area contributed by atoms with Gasteiger partial charge in [-0.3, -0.25) is 0 Å². The van der Waals surface area contributed by atoms with Crippen LogP contribution in [0.3, 0.4) is 0 Å². The first-order valence-electron chi connectivity index (χ1n) is 5.59. The van der Waals surface area contributed by atoms with E-state index in [2.05, 4.69) is 0 Å². The Hall–Kier alpha value is -2.16. The molecule has 0 radical (unpaired) electrons. The summed E-state index contributed by atoms with van der Waals surface area (Å²) >= 11 is 0. The van der Waals surface area contributed by atoms with Gasteiger partial charge in [-0.25, -0.2) is 0 Å². The minimum Gasteiger partial charge on any atom is -0.494 e. The van der Waals surface area contributed by atoms with Crippen molar-refractivity contribution >= 4 is 11.4 Å². The number of nitrogens with two attached hydrogens (primary N) is 2. The molecule has 3 nitrogen and oxygen atoms in total. The minimum absolute atomic E-state index is 0.608. The van der Waals surface area contributed by atoms with Crippen molar-refractivity contribution in [1.82, 2.24) is 0 Å². The van der Waals surface area contributed by atoms with Gasteiger partial charge in [-0.1, -0.05) is 18.2 Å². The van der Waals surface area contributed by atoms with Gasteiger partial charge in [-0.2, -0.15) is 0 Å². The first kappa shape index (κ1) is 11.3. The summed E-state index contributed by atoms with van der Waals surface area (Å²) in [5.74, 6) is 0.875. The molecule has 0 spiro atoms. The van der Waals surface area contributed by atoms with Gasteiger partial charge in [0.2, 0.25) is 0 Å². The predicted molar refractivity (Wildman–Crippen MR) is 71.9 cm³/mol. The summed E-state index contributed by atoms with van der Waals surface area (Å²) in [6.07, 6.45) is 0. The van der Waals surface area contributed by atoms with Crippen molar-refractivity contribution in [1.29, 1.82) is 0 Å². The minimum atomic E-state index is 0.608. The van der Waals surface area contributed by atoms with Crippen LogP contribution < -0.4 is 16.2 Å². The summed E-state index contributed by atoms with van der Waals surface area (Å²) < 4.78 is 5.39. The van der Waals surface area contributed by atoms with Crippen LogP contribution in [0.5, 0.6) is 5.75 Å². The van der Waals surface area contributed by atoms with Gasteiger partial charge in [0.1, 0.15) is 5.75 Å². The molecule has 0 fully saturated rings. The van der Waals surface area contributed by atoms with Crippen molar-refractivity contribution in [2.45, 2.75) is 6.92 Å². The number of anilines is 2. The van der Waals surface area contributed by atoms with Crippen LogP contribution in [0.4, 0.5) is 11.4 Å². The van der Waals surface area contributed by atoms with Crippen LogP contribution in [0.15, 0.2) is 42.5 Å². The topological polar surface area (TPSA) is 61.3 Å². The Bertz CT molecular complexity index is 506. The molecule has 0 saturated heterocycles. The summed E-state index contributed by atoms with van der Waals surface area (Å²) in [5.41, 5.74) is 14.8. The molecule has 2 rings (SSSR count).